The van der Waals surface area contributed by atoms with Crippen molar-refractivity contribution in [2.24, 2.45) is 0 Å². The molecule has 1 aliphatic heterocycles. The second kappa shape index (κ2) is 6.16. The molecule has 2 heterocycles. The summed E-state index contributed by atoms with van der Waals surface area (Å²) < 4.78 is 7.06. The first kappa shape index (κ1) is 14.0. The maximum atomic E-state index is 12.2. The summed E-state index contributed by atoms with van der Waals surface area (Å²) in [7, 11) is 1.91. The molecule has 0 saturated carbocycles. The summed E-state index contributed by atoms with van der Waals surface area (Å²) in [6.45, 7) is 7.72. The van der Waals surface area contributed by atoms with Crippen molar-refractivity contribution in [3.05, 3.63) is 17.0 Å². The third-order valence-corrected chi connectivity index (χ3v) is 3.53. The molecule has 1 aliphatic rings. The van der Waals surface area contributed by atoms with Gasteiger partial charge in [-0.3, -0.25) is 9.48 Å². The van der Waals surface area contributed by atoms with Crippen molar-refractivity contribution in [3.63, 3.8) is 0 Å². The Kier molecular flexibility index (Phi) is 4.55. The number of hydrogen-bond acceptors (Lipinski definition) is 4. The number of aryl methyl sites for hydroxylation is 1. The van der Waals surface area contributed by atoms with Gasteiger partial charge in [-0.25, -0.2) is 0 Å². The minimum atomic E-state index is 0.116. The van der Waals surface area contributed by atoms with Gasteiger partial charge in [0, 0.05) is 30.9 Å². The fourth-order valence-corrected chi connectivity index (χ4v) is 2.36. The Morgan fingerprint density at radius 2 is 2.05 bits per heavy atom. The summed E-state index contributed by atoms with van der Waals surface area (Å²) in [5.74, 6) is 0.116. The Labute approximate surface area is 113 Å². The van der Waals surface area contributed by atoms with Crippen LogP contribution in [0.5, 0.6) is 0 Å². The number of nitrogens with one attached hydrogen (secondary N) is 1. The Morgan fingerprint density at radius 1 is 1.37 bits per heavy atom. The Hall–Kier alpha value is -1.40. The molecule has 1 amide bonds. The van der Waals surface area contributed by atoms with E-state index in [-0.39, 0.29) is 5.91 Å². The van der Waals surface area contributed by atoms with Crippen molar-refractivity contribution in [2.45, 2.75) is 26.9 Å². The fourth-order valence-electron chi connectivity index (χ4n) is 2.36. The van der Waals surface area contributed by atoms with Gasteiger partial charge in [-0.1, -0.05) is 0 Å². The molecular formula is C13H22N4O2. The number of rotatable bonds is 4. The van der Waals surface area contributed by atoms with Gasteiger partial charge in [-0.05, 0) is 20.9 Å². The van der Waals surface area contributed by atoms with Crippen molar-refractivity contribution in [1.29, 1.82) is 0 Å². The van der Waals surface area contributed by atoms with Crippen LogP contribution in [0.2, 0.25) is 0 Å². The van der Waals surface area contributed by atoms with Crippen molar-refractivity contribution < 1.29 is 9.53 Å². The van der Waals surface area contributed by atoms with E-state index in [0.717, 1.165) is 17.9 Å². The topological polar surface area (TPSA) is 59.4 Å². The molecule has 6 nitrogen and oxygen atoms in total. The van der Waals surface area contributed by atoms with Crippen LogP contribution in [0.25, 0.3) is 0 Å². The van der Waals surface area contributed by atoms with Crippen LogP contribution in [-0.4, -0.2) is 53.9 Å². The summed E-state index contributed by atoms with van der Waals surface area (Å²) in [6, 6.07) is 0. The summed E-state index contributed by atoms with van der Waals surface area (Å²) in [6.07, 6.45) is 0. The molecule has 106 valence electrons. The number of carbonyl (C=O) groups excluding carboxylic acids is 1. The number of hydrogen-bond donors (Lipinski definition) is 1. The van der Waals surface area contributed by atoms with Crippen LogP contribution in [0.15, 0.2) is 0 Å². The smallest absolute Gasteiger partial charge is 0.244 e. The van der Waals surface area contributed by atoms with Gasteiger partial charge < -0.3 is 15.0 Å². The van der Waals surface area contributed by atoms with Crippen LogP contribution in [-0.2, 0) is 22.6 Å². The predicted octanol–water partition coefficient (Wildman–Crippen LogP) is 0.0781. The highest BCUT2D eigenvalue weighted by Crippen LogP contribution is 2.13. The lowest BCUT2D eigenvalue weighted by Crippen LogP contribution is -2.42. The average molecular weight is 266 g/mol. The highest BCUT2D eigenvalue weighted by atomic mass is 16.5. The summed E-state index contributed by atoms with van der Waals surface area (Å²) >= 11 is 0. The first-order valence-corrected chi connectivity index (χ1v) is 6.66. The molecule has 1 aromatic rings. The van der Waals surface area contributed by atoms with E-state index < -0.39 is 0 Å². The minimum absolute atomic E-state index is 0.116. The van der Waals surface area contributed by atoms with Crippen molar-refractivity contribution in [2.75, 3.05) is 33.4 Å². The average Bonchev–Trinajstić information content (AvgIpc) is 2.68. The Balaban J connectivity index is 2.06. The molecule has 1 N–H and O–H groups in total. The first-order chi connectivity index (χ1) is 9.13. The second-order valence-electron chi connectivity index (χ2n) is 4.83. The largest absolute Gasteiger partial charge is 0.378 e. The Bertz CT molecular complexity index is 450. The maximum Gasteiger partial charge on any atom is 0.244 e. The van der Waals surface area contributed by atoms with Crippen LogP contribution < -0.4 is 5.32 Å². The summed E-state index contributed by atoms with van der Waals surface area (Å²) in [4.78, 5) is 14.0. The normalized spacial score (nSPS) is 15.8. The van der Waals surface area contributed by atoms with Gasteiger partial charge in [0.1, 0.15) is 6.54 Å². The molecule has 0 radical (unpaired) electrons. The SMILES string of the molecule is CNCc1c(C)nn(CC(=O)N2CCOCC2)c1C. The van der Waals surface area contributed by atoms with Gasteiger partial charge in [0.2, 0.25) is 5.91 Å². The number of ether oxygens (including phenoxy) is 1. The van der Waals surface area contributed by atoms with Crippen LogP contribution in [0.3, 0.4) is 0 Å². The Morgan fingerprint density at radius 3 is 2.68 bits per heavy atom. The fraction of sp³-hybridized carbons (Fsp3) is 0.692. The summed E-state index contributed by atoms with van der Waals surface area (Å²) in [5, 5.41) is 7.59. The van der Waals surface area contributed by atoms with Gasteiger partial charge in [-0.15, -0.1) is 0 Å². The molecule has 0 aliphatic carbocycles. The van der Waals surface area contributed by atoms with Crippen LogP contribution in [0.4, 0.5) is 0 Å². The van der Waals surface area contributed by atoms with Crippen molar-refractivity contribution in [1.82, 2.24) is 20.0 Å². The standard InChI is InChI=1S/C13H22N4O2/c1-10-12(8-14-3)11(2)17(15-10)9-13(18)16-4-6-19-7-5-16/h14H,4-9H2,1-3H3. The molecule has 2 rings (SSSR count). The number of aromatic nitrogens is 2. The van der Waals surface area contributed by atoms with E-state index in [2.05, 4.69) is 10.4 Å². The maximum absolute atomic E-state index is 12.2. The first-order valence-electron chi connectivity index (χ1n) is 6.66. The van der Waals surface area contributed by atoms with Gasteiger partial charge in [0.15, 0.2) is 0 Å². The van der Waals surface area contributed by atoms with E-state index in [0.29, 0.717) is 32.8 Å². The van der Waals surface area contributed by atoms with Crippen molar-refractivity contribution in [3.8, 4) is 0 Å². The van der Waals surface area contributed by atoms with Gasteiger partial charge in [0.05, 0.1) is 18.9 Å². The minimum Gasteiger partial charge on any atom is -0.378 e. The van der Waals surface area contributed by atoms with E-state index in [9.17, 15) is 4.79 Å². The van der Waals surface area contributed by atoms with Gasteiger partial charge in [0.25, 0.3) is 0 Å². The molecular weight excluding hydrogens is 244 g/mol. The lowest BCUT2D eigenvalue weighted by atomic mass is 10.2. The molecule has 1 fully saturated rings. The molecule has 1 saturated heterocycles. The molecule has 0 bridgehead atoms. The third kappa shape index (κ3) is 3.13. The second-order valence-corrected chi connectivity index (χ2v) is 4.83. The molecule has 0 aromatic carbocycles. The monoisotopic (exact) mass is 266 g/mol. The molecule has 19 heavy (non-hydrogen) atoms. The van der Waals surface area contributed by atoms with Crippen LogP contribution >= 0.6 is 0 Å². The highest BCUT2D eigenvalue weighted by Gasteiger charge is 2.19. The molecule has 6 heteroatoms. The van der Waals surface area contributed by atoms with Gasteiger partial charge >= 0.3 is 0 Å². The van der Waals surface area contributed by atoms with E-state index in [1.165, 1.54) is 5.56 Å². The molecule has 0 atom stereocenters. The van der Waals surface area contributed by atoms with Crippen LogP contribution in [0, 0.1) is 13.8 Å². The zero-order valence-corrected chi connectivity index (χ0v) is 11.9. The zero-order valence-electron chi connectivity index (χ0n) is 11.9. The number of morpholine rings is 1. The van der Waals surface area contributed by atoms with Crippen LogP contribution in [0.1, 0.15) is 17.0 Å². The highest BCUT2D eigenvalue weighted by molar-refractivity contribution is 5.76. The number of amides is 1. The van der Waals surface area contributed by atoms with E-state index in [4.69, 9.17) is 4.74 Å². The third-order valence-electron chi connectivity index (χ3n) is 3.53. The van der Waals surface area contributed by atoms with E-state index in [1.807, 2.05) is 25.8 Å². The lowest BCUT2D eigenvalue weighted by Gasteiger charge is -2.26. The number of carbonyl (C=O) groups is 1. The van der Waals surface area contributed by atoms with E-state index in [1.54, 1.807) is 4.68 Å². The quantitative estimate of drug-likeness (QED) is 0.838. The van der Waals surface area contributed by atoms with Crippen molar-refractivity contribution >= 4 is 5.91 Å². The van der Waals surface area contributed by atoms with E-state index >= 15 is 0 Å². The molecule has 0 spiro atoms. The zero-order chi connectivity index (χ0) is 13.8. The summed E-state index contributed by atoms with van der Waals surface area (Å²) in [5.41, 5.74) is 3.23. The predicted molar refractivity (Wildman–Crippen MR) is 71.9 cm³/mol. The van der Waals surface area contributed by atoms with Gasteiger partial charge in [-0.2, -0.15) is 5.10 Å². The lowest BCUT2D eigenvalue weighted by molar-refractivity contribution is -0.136. The molecule has 1 aromatic heterocycles. The molecule has 0 unspecified atom stereocenters. The number of nitrogens with zero attached hydrogens (tertiary/aromatic N) is 3.